The van der Waals surface area contributed by atoms with E-state index in [1.165, 1.54) is 5.56 Å². The van der Waals surface area contributed by atoms with Crippen molar-refractivity contribution in [2.75, 3.05) is 31.6 Å². The first-order valence-electron chi connectivity index (χ1n) is 10.9. The van der Waals surface area contributed by atoms with Crippen LogP contribution in [0.4, 0.5) is 5.69 Å². The van der Waals surface area contributed by atoms with E-state index < -0.39 is 0 Å². The van der Waals surface area contributed by atoms with E-state index in [2.05, 4.69) is 27.3 Å². The van der Waals surface area contributed by atoms with Crippen LogP contribution in [0.1, 0.15) is 27.4 Å². The predicted molar refractivity (Wildman–Crippen MR) is 133 cm³/mol. The lowest BCUT2D eigenvalue weighted by Gasteiger charge is -2.26. The molecule has 1 aliphatic heterocycles. The molecule has 170 valence electrons. The molecule has 4 aromatic rings. The van der Waals surface area contributed by atoms with Gasteiger partial charge in [0.1, 0.15) is 9.92 Å². The zero-order valence-corrected chi connectivity index (χ0v) is 20.0. The minimum atomic E-state index is -0.238. The third kappa shape index (κ3) is 5.30. The van der Waals surface area contributed by atoms with Gasteiger partial charge in [-0.15, -0.1) is 11.3 Å². The van der Waals surface area contributed by atoms with Gasteiger partial charge in [0, 0.05) is 53.1 Å². The van der Waals surface area contributed by atoms with Crippen molar-refractivity contribution in [2.45, 2.75) is 23.6 Å². The van der Waals surface area contributed by atoms with Gasteiger partial charge in [0.15, 0.2) is 5.76 Å². The predicted octanol–water partition coefficient (Wildman–Crippen LogP) is 5.57. The third-order valence-corrected chi connectivity index (χ3v) is 7.73. The Morgan fingerprint density at radius 1 is 1.15 bits per heavy atom. The molecule has 0 saturated carbocycles. The number of carbonyl (C=O) groups excluding carboxylic acids is 1. The summed E-state index contributed by atoms with van der Waals surface area (Å²) in [5, 5.41) is 6.00. The van der Waals surface area contributed by atoms with E-state index in [1.54, 1.807) is 23.1 Å². The average molecular weight is 480 g/mol. The zero-order chi connectivity index (χ0) is 22.6. The molecule has 0 aliphatic carbocycles. The fraction of sp³-hybridized carbons (Fsp3) is 0.280. The lowest BCUT2D eigenvalue weighted by atomic mass is 10.1. The summed E-state index contributed by atoms with van der Waals surface area (Å²) < 4.78 is 12.4. The molecule has 1 N–H and O–H groups in total. The van der Waals surface area contributed by atoms with Crippen LogP contribution in [0.3, 0.4) is 0 Å². The smallest absolute Gasteiger partial charge is 0.291 e. The molecule has 5 rings (SSSR count). The Hall–Kier alpha value is -2.65. The highest BCUT2D eigenvalue weighted by atomic mass is 32.2. The second kappa shape index (κ2) is 10.1. The summed E-state index contributed by atoms with van der Waals surface area (Å²) in [6, 6.07) is 15.8. The summed E-state index contributed by atoms with van der Waals surface area (Å²) in [5.41, 5.74) is 4.59. The van der Waals surface area contributed by atoms with Crippen molar-refractivity contribution in [1.82, 2.24) is 9.88 Å². The standard InChI is InChI=1S/C25H25N3O3S2/c1-17-15-32-25(26-17)33-16-21-20-4-2-3-5-22(20)31-23(21)24(29)27-19-8-6-18(7-9-19)14-28-10-12-30-13-11-28/h2-9,15H,10-14,16H2,1H3,(H,27,29). The number of aromatic nitrogens is 1. The number of anilines is 1. The van der Waals surface area contributed by atoms with Gasteiger partial charge in [-0.2, -0.15) is 0 Å². The normalized spacial score (nSPS) is 14.6. The van der Waals surface area contributed by atoms with E-state index >= 15 is 0 Å². The molecule has 8 heteroatoms. The second-order valence-electron chi connectivity index (χ2n) is 7.99. The quantitative estimate of drug-likeness (QED) is 0.349. The van der Waals surface area contributed by atoms with E-state index in [-0.39, 0.29) is 5.91 Å². The third-order valence-electron chi connectivity index (χ3n) is 5.56. The van der Waals surface area contributed by atoms with Gasteiger partial charge in [-0.05, 0) is 30.7 Å². The van der Waals surface area contributed by atoms with Crippen molar-refractivity contribution in [2.24, 2.45) is 0 Å². The molecule has 33 heavy (non-hydrogen) atoms. The molecule has 2 aromatic heterocycles. The number of aryl methyl sites for hydroxylation is 1. The Morgan fingerprint density at radius 2 is 1.94 bits per heavy atom. The van der Waals surface area contributed by atoms with Crippen molar-refractivity contribution in [3.05, 3.63) is 76.5 Å². The van der Waals surface area contributed by atoms with Crippen LogP contribution in [0.15, 0.2) is 62.7 Å². The molecule has 2 aromatic carbocycles. The van der Waals surface area contributed by atoms with Crippen molar-refractivity contribution >= 4 is 45.7 Å². The van der Waals surface area contributed by atoms with Crippen LogP contribution in [-0.2, 0) is 17.0 Å². The van der Waals surface area contributed by atoms with E-state index in [0.717, 1.165) is 65.1 Å². The van der Waals surface area contributed by atoms with Crippen LogP contribution >= 0.6 is 23.1 Å². The van der Waals surface area contributed by atoms with Crippen LogP contribution in [0.25, 0.3) is 11.0 Å². The first-order chi connectivity index (χ1) is 16.2. The van der Waals surface area contributed by atoms with Crippen molar-refractivity contribution in [1.29, 1.82) is 0 Å². The molecule has 0 spiro atoms. The van der Waals surface area contributed by atoms with E-state index in [9.17, 15) is 4.79 Å². The first-order valence-corrected chi connectivity index (χ1v) is 12.8. The minimum Gasteiger partial charge on any atom is -0.451 e. The Kier molecular flexibility index (Phi) is 6.78. The molecular formula is C25H25N3O3S2. The van der Waals surface area contributed by atoms with E-state index in [0.29, 0.717) is 11.5 Å². The van der Waals surface area contributed by atoms with Crippen LogP contribution in [0.2, 0.25) is 0 Å². The number of benzene rings is 2. The number of nitrogens with one attached hydrogen (secondary N) is 1. The first kappa shape index (κ1) is 22.2. The number of hydrogen-bond acceptors (Lipinski definition) is 7. The van der Waals surface area contributed by atoms with Crippen LogP contribution in [0.5, 0.6) is 0 Å². The van der Waals surface area contributed by atoms with Crippen molar-refractivity contribution in [3.63, 3.8) is 0 Å². The van der Waals surface area contributed by atoms with Gasteiger partial charge >= 0.3 is 0 Å². The van der Waals surface area contributed by atoms with Gasteiger partial charge in [0.2, 0.25) is 0 Å². The number of thiazole rings is 1. The summed E-state index contributed by atoms with van der Waals surface area (Å²) >= 11 is 3.24. The molecular weight excluding hydrogens is 454 g/mol. The lowest BCUT2D eigenvalue weighted by molar-refractivity contribution is 0.0342. The fourth-order valence-corrected chi connectivity index (χ4v) is 5.73. The summed E-state index contributed by atoms with van der Waals surface area (Å²) in [7, 11) is 0. The molecule has 6 nitrogen and oxygen atoms in total. The number of nitrogens with zero attached hydrogens (tertiary/aromatic N) is 2. The Labute approximate surface area is 201 Å². The average Bonchev–Trinajstić information content (AvgIpc) is 3.43. The van der Waals surface area contributed by atoms with Gasteiger partial charge in [-0.25, -0.2) is 4.98 Å². The van der Waals surface area contributed by atoms with E-state index in [4.69, 9.17) is 9.15 Å². The van der Waals surface area contributed by atoms with Crippen LogP contribution in [0, 0.1) is 6.92 Å². The monoisotopic (exact) mass is 479 g/mol. The van der Waals surface area contributed by atoms with Crippen molar-refractivity contribution in [3.8, 4) is 0 Å². The minimum absolute atomic E-state index is 0.238. The molecule has 0 atom stereocenters. The maximum atomic E-state index is 13.2. The largest absolute Gasteiger partial charge is 0.451 e. The molecule has 0 unspecified atom stereocenters. The number of furan rings is 1. The van der Waals surface area contributed by atoms with Gasteiger partial charge in [0.05, 0.1) is 13.2 Å². The zero-order valence-electron chi connectivity index (χ0n) is 18.4. The number of rotatable bonds is 7. The molecule has 1 fully saturated rings. The number of fused-ring (bicyclic) bond motifs is 1. The molecule has 0 bridgehead atoms. The number of para-hydroxylation sites is 1. The summed E-state index contributed by atoms with van der Waals surface area (Å²) in [4.78, 5) is 20.1. The Balaban J connectivity index is 1.31. The topological polar surface area (TPSA) is 67.6 Å². The molecule has 1 saturated heterocycles. The van der Waals surface area contributed by atoms with Gasteiger partial charge < -0.3 is 14.5 Å². The molecule has 3 heterocycles. The Morgan fingerprint density at radius 3 is 2.70 bits per heavy atom. The van der Waals surface area contributed by atoms with Crippen molar-refractivity contribution < 1.29 is 13.9 Å². The van der Waals surface area contributed by atoms with Crippen LogP contribution in [-0.4, -0.2) is 42.1 Å². The Bertz CT molecular complexity index is 1240. The fourth-order valence-electron chi connectivity index (χ4n) is 3.86. The highest BCUT2D eigenvalue weighted by Gasteiger charge is 2.21. The number of hydrogen-bond donors (Lipinski definition) is 1. The molecule has 0 radical (unpaired) electrons. The van der Waals surface area contributed by atoms with Gasteiger partial charge in [0.25, 0.3) is 5.91 Å². The summed E-state index contributed by atoms with van der Waals surface area (Å²) in [6.07, 6.45) is 0. The highest BCUT2D eigenvalue weighted by molar-refractivity contribution is 8.00. The molecule has 1 amide bonds. The summed E-state index contributed by atoms with van der Waals surface area (Å²) in [5.74, 6) is 0.734. The number of carbonyl (C=O) groups is 1. The SMILES string of the molecule is Cc1csc(SCc2c(C(=O)Nc3ccc(CN4CCOCC4)cc3)oc3ccccc23)n1. The second-order valence-corrected chi connectivity index (χ2v) is 10.1. The maximum Gasteiger partial charge on any atom is 0.291 e. The van der Waals surface area contributed by atoms with E-state index in [1.807, 2.05) is 48.7 Å². The number of thioether (sulfide) groups is 1. The van der Waals surface area contributed by atoms with Gasteiger partial charge in [-0.1, -0.05) is 42.1 Å². The molecule has 1 aliphatic rings. The number of amides is 1. The number of ether oxygens (including phenoxy) is 1. The van der Waals surface area contributed by atoms with Gasteiger partial charge in [-0.3, -0.25) is 9.69 Å². The summed E-state index contributed by atoms with van der Waals surface area (Å²) in [6.45, 7) is 6.35. The lowest BCUT2D eigenvalue weighted by Crippen LogP contribution is -2.35. The number of morpholine rings is 1. The van der Waals surface area contributed by atoms with Crippen LogP contribution < -0.4 is 5.32 Å². The maximum absolute atomic E-state index is 13.2. The highest BCUT2D eigenvalue weighted by Crippen LogP contribution is 2.33.